The molecule has 0 unspecified atom stereocenters. The summed E-state index contributed by atoms with van der Waals surface area (Å²) in [6.07, 6.45) is 0. The van der Waals surface area contributed by atoms with Crippen molar-refractivity contribution in [2.75, 3.05) is 25.8 Å². The number of carbonyl (C=O) groups is 1. The van der Waals surface area contributed by atoms with Gasteiger partial charge in [0.05, 0.1) is 18.7 Å². The highest BCUT2D eigenvalue weighted by Gasteiger charge is 2.18. The number of carbonyl (C=O) groups excluding carboxylic acids is 1. The Kier molecular flexibility index (Phi) is 5.42. The number of rotatable bonds is 6. The Morgan fingerprint density at radius 1 is 1.23 bits per heavy atom. The summed E-state index contributed by atoms with van der Waals surface area (Å²) < 4.78 is 21.6. The third kappa shape index (κ3) is 3.96. The van der Waals surface area contributed by atoms with Crippen molar-refractivity contribution in [3.05, 3.63) is 40.9 Å². The number of methoxy groups -OCH3 is 1. The molecule has 1 amide bonds. The summed E-state index contributed by atoms with van der Waals surface area (Å²) in [4.78, 5) is 12.6. The van der Waals surface area contributed by atoms with Gasteiger partial charge in [-0.2, -0.15) is 0 Å². The molecule has 1 N–H and O–H groups in total. The van der Waals surface area contributed by atoms with Gasteiger partial charge in [-0.05, 0) is 30.2 Å². The fourth-order valence-electron chi connectivity index (χ4n) is 2.42. The second-order valence-corrected chi connectivity index (χ2v) is 6.62. The van der Waals surface area contributed by atoms with Crippen molar-refractivity contribution >= 4 is 23.2 Å². The lowest BCUT2D eigenvalue weighted by molar-refractivity contribution is 0.102. The molecule has 0 fully saturated rings. The fraction of sp³-hybridized carbons (Fsp3) is 0.316. The standard InChI is InChI=1S/C19H20ClNO5/c1-11(2)9-24-18-14(20)6-12(7-17(18)23-3)19(22)21-13-4-5-15-16(8-13)26-10-25-15/h4-8,11H,9-10H2,1-3H3,(H,21,22). The molecule has 0 radical (unpaired) electrons. The van der Waals surface area contributed by atoms with Crippen LogP contribution in [0, 0.1) is 5.92 Å². The Balaban J connectivity index is 1.79. The highest BCUT2D eigenvalue weighted by Crippen LogP contribution is 2.37. The SMILES string of the molecule is COc1cc(C(=O)Nc2ccc3c(c2)OCO3)cc(Cl)c1OCC(C)C. The van der Waals surface area contributed by atoms with Crippen LogP contribution in [0.1, 0.15) is 24.2 Å². The van der Waals surface area contributed by atoms with Gasteiger partial charge in [0.25, 0.3) is 5.91 Å². The summed E-state index contributed by atoms with van der Waals surface area (Å²) in [5.41, 5.74) is 0.955. The lowest BCUT2D eigenvalue weighted by Crippen LogP contribution is -2.13. The quantitative estimate of drug-likeness (QED) is 0.810. The first-order valence-electron chi connectivity index (χ1n) is 8.19. The smallest absolute Gasteiger partial charge is 0.255 e. The van der Waals surface area contributed by atoms with Gasteiger partial charge in [0.15, 0.2) is 23.0 Å². The Labute approximate surface area is 157 Å². The van der Waals surface area contributed by atoms with Gasteiger partial charge in [0.2, 0.25) is 6.79 Å². The number of fused-ring (bicyclic) bond motifs is 1. The van der Waals surface area contributed by atoms with Gasteiger partial charge in [-0.15, -0.1) is 0 Å². The van der Waals surface area contributed by atoms with E-state index >= 15 is 0 Å². The Morgan fingerprint density at radius 3 is 2.73 bits per heavy atom. The summed E-state index contributed by atoms with van der Waals surface area (Å²) in [6.45, 7) is 4.75. The summed E-state index contributed by atoms with van der Waals surface area (Å²) in [5.74, 6) is 2.11. The monoisotopic (exact) mass is 377 g/mol. The maximum atomic E-state index is 12.6. The van der Waals surface area contributed by atoms with Gasteiger partial charge in [-0.25, -0.2) is 0 Å². The Bertz CT molecular complexity index is 822. The number of nitrogens with one attached hydrogen (secondary N) is 1. The molecular formula is C19H20ClNO5. The average Bonchev–Trinajstić information content (AvgIpc) is 3.07. The fourth-order valence-corrected chi connectivity index (χ4v) is 2.68. The van der Waals surface area contributed by atoms with E-state index in [0.717, 1.165) is 0 Å². The van der Waals surface area contributed by atoms with E-state index in [9.17, 15) is 4.79 Å². The second-order valence-electron chi connectivity index (χ2n) is 6.22. The van der Waals surface area contributed by atoms with Crippen molar-refractivity contribution in [1.29, 1.82) is 0 Å². The molecule has 138 valence electrons. The molecule has 1 aliphatic rings. The second kappa shape index (κ2) is 7.74. The number of benzene rings is 2. The van der Waals surface area contributed by atoms with Crippen molar-refractivity contribution < 1.29 is 23.7 Å². The predicted molar refractivity (Wildman–Crippen MR) is 98.9 cm³/mol. The highest BCUT2D eigenvalue weighted by atomic mass is 35.5. The van der Waals surface area contributed by atoms with Crippen molar-refractivity contribution in [3.63, 3.8) is 0 Å². The molecule has 2 aromatic carbocycles. The van der Waals surface area contributed by atoms with Gasteiger partial charge >= 0.3 is 0 Å². The highest BCUT2D eigenvalue weighted by molar-refractivity contribution is 6.32. The normalized spacial score (nSPS) is 12.2. The van der Waals surface area contributed by atoms with Crippen LogP contribution in [0.5, 0.6) is 23.0 Å². The molecule has 0 saturated carbocycles. The minimum absolute atomic E-state index is 0.178. The minimum atomic E-state index is -0.320. The molecule has 3 rings (SSSR count). The summed E-state index contributed by atoms with van der Waals surface area (Å²) in [6, 6.07) is 8.35. The third-order valence-corrected chi connectivity index (χ3v) is 3.96. The van der Waals surface area contributed by atoms with E-state index in [4.69, 9.17) is 30.5 Å². The first kappa shape index (κ1) is 18.2. The molecule has 1 aliphatic heterocycles. The van der Waals surface area contributed by atoms with E-state index in [-0.39, 0.29) is 12.7 Å². The lowest BCUT2D eigenvalue weighted by atomic mass is 10.1. The van der Waals surface area contributed by atoms with Crippen LogP contribution in [-0.2, 0) is 0 Å². The number of hydrogen-bond acceptors (Lipinski definition) is 5. The molecule has 2 aromatic rings. The first-order valence-corrected chi connectivity index (χ1v) is 8.57. The van der Waals surface area contributed by atoms with E-state index in [0.29, 0.717) is 51.8 Å². The van der Waals surface area contributed by atoms with Crippen molar-refractivity contribution in [3.8, 4) is 23.0 Å². The van der Waals surface area contributed by atoms with Gasteiger partial charge in [0.1, 0.15) is 0 Å². The molecule has 0 atom stereocenters. The van der Waals surface area contributed by atoms with Crippen LogP contribution in [-0.4, -0.2) is 26.4 Å². The van der Waals surface area contributed by atoms with Gasteiger partial charge in [-0.3, -0.25) is 4.79 Å². The van der Waals surface area contributed by atoms with Gasteiger partial charge in [0, 0.05) is 17.3 Å². The van der Waals surface area contributed by atoms with Crippen LogP contribution in [0.2, 0.25) is 5.02 Å². The van der Waals surface area contributed by atoms with Gasteiger partial charge < -0.3 is 24.3 Å². The maximum absolute atomic E-state index is 12.6. The lowest BCUT2D eigenvalue weighted by Gasteiger charge is -2.15. The molecule has 0 aliphatic carbocycles. The molecule has 1 heterocycles. The van der Waals surface area contributed by atoms with E-state index in [1.54, 1.807) is 30.3 Å². The number of anilines is 1. The maximum Gasteiger partial charge on any atom is 0.255 e. The molecule has 0 spiro atoms. The first-order chi connectivity index (χ1) is 12.5. The molecule has 7 heteroatoms. The summed E-state index contributed by atoms with van der Waals surface area (Å²) in [5, 5.41) is 3.13. The third-order valence-electron chi connectivity index (χ3n) is 3.68. The zero-order valence-corrected chi connectivity index (χ0v) is 15.6. The molecule has 6 nitrogen and oxygen atoms in total. The summed E-state index contributed by atoms with van der Waals surface area (Å²) in [7, 11) is 1.51. The molecular weight excluding hydrogens is 358 g/mol. The van der Waals surface area contributed by atoms with E-state index in [2.05, 4.69) is 5.32 Å². The largest absolute Gasteiger partial charge is 0.493 e. The van der Waals surface area contributed by atoms with Crippen LogP contribution in [0.4, 0.5) is 5.69 Å². The van der Waals surface area contributed by atoms with Gasteiger partial charge in [-0.1, -0.05) is 25.4 Å². The van der Waals surface area contributed by atoms with Crippen molar-refractivity contribution in [2.24, 2.45) is 5.92 Å². The number of ether oxygens (including phenoxy) is 4. The van der Waals surface area contributed by atoms with E-state index in [1.807, 2.05) is 13.8 Å². The number of halogens is 1. The molecule has 0 saturated heterocycles. The Hall–Kier alpha value is -2.60. The zero-order valence-electron chi connectivity index (χ0n) is 14.8. The number of hydrogen-bond donors (Lipinski definition) is 1. The van der Waals surface area contributed by atoms with Crippen LogP contribution in [0.25, 0.3) is 0 Å². The minimum Gasteiger partial charge on any atom is -0.493 e. The Morgan fingerprint density at radius 2 is 2.00 bits per heavy atom. The van der Waals surface area contributed by atoms with Crippen LogP contribution in [0.3, 0.4) is 0 Å². The summed E-state index contributed by atoms with van der Waals surface area (Å²) >= 11 is 6.30. The molecule has 0 bridgehead atoms. The van der Waals surface area contributed by atoms with Crippen molar-refractivity contribution in [2.45, 2.75) is 13.8 Å². The van der Waals surface area contributed by atoms with Crippen LogP contribution in [0.15, 0.2) is 30.3 Å². The van der Waals surface area contributed by atoms with Crippen molar-refractivity contribution in [1.82, 2.24) is 0 Å². The molecule has 0 aromatic heterocycles. The van der Waals surface area contributed by atoms with E-state index in [1.165, 1.54) is 7.11 Å². The van der Waals surface area contributed by atoms with Crippen LogP contribution < -0.4 is 24.3 Å². The zero-order chi connectivity index (χ0) is 18.7. The average molecular weight is 378 g/mol. The topological polar surface area (TPSA) is 66.0 Å². The van der Waals surface area contributed by atoms with Crippen LogP contribution >= 0.6 is 11.6 Å². The predicted octanol–water partition coefficient (Wildman–Crippen LogP) is 4.36. The number of amides is 1. The molecule has 26 heavy (non-hydrogen) atoms. The van der Waals surface area contributed by atoms with E-state index < -0.39 is 0 Å².